The zero-order chi connectivity index (χ0) is 13.9. The van der Waals surface area contributed by atoms with Crippen molar-refractivity contribution in [1.29, 1.82) is 0 Å². The van der Waals surface area contributed by atoms with Gasteiger partial charge in [0.15, 0.2) is 0 Å². The van der Waals surface area contributed by atoms with Crippen molar-refractivity contribution in [2.24, 2.45) is 0 Å². The van der Waals surface area contributed by atoms with Gasteiger partial charge in [0, 0.05) is 45.6 Å². The molecule has 1 heterocycles. The predicted octanol–water partition coefficient (Wildman–Crippen LogP) is 2.33. The fraction of sp³-hybridized carbons (Fsp3) is 0.583. The average molecular weight is 335 g/mol. The topological polar surface area (TPSA) is 51.1 Å². The number of halogens is 1. The van der Waals surface area contributed by atoms with E-state index >= 15 is 0 Å². The molecule has 102 valence electrons. The Hall–Kier alpha value is -0.620. The molecule has 0 fully saturated rings. The predicted molar refractivity (Wildman–Crippen MR) is 78.4 cm³/mol. The van der Waals surface area contributed by atoms with Crippen LogP contribution in [0, 0.1) is 0 Å². The number of aromatic nitrogens is 1. The second kappa shape index (κ2) is 6.52. The van der Waals surface area contributed by atoms with Crippen molar-refractivity contribution < 1.29 is 9.00 Å². The van der Waals surface area contributed by atoms with E-state index in [1.807, 2.05) is 31.5 Å². The van der Waals surface area contributed by atoms with Gasteiger partial charge in [0.2, 0.25) is 0 Å². The van der Waals surface area contributed by atoms with Crippen LogP contribution in [0.4, 0.5) is 0 Å². The quantitative estimate of drug-likeness (QED) is 0.898. The second-order valence-corrected chi connectivity index (χ2v) is 7.05. The average Bonchev–Trinajstić information content (AvgIpc) is 2.58. The summed E-state index contributed by atoms with van der Waals surface area (Å²) in [6.07, 6.45) is 3.53. The standard InChI is InChI=1S/C12H19BrN2O2S/c1-8(2)15-6-10(13)5-11(15)12(16)14-9(3)7-18(4)17/h5-6,8-9H,7H2,1-4H3,(H,14,16). The van der Waals surface area contributed by atoms with Crippen molar-refractivity contribution in [2.75, 3.05) is 12.0 Å². The van der Waals surface area contributed by atoms with Crippen LogP contribution in [-0.2, 0) is 10.8 Å². The van der Waals surface area contributed by atoms with Gasteiger partial charge in [0.05, 0.1) is 0 Å². The van der Waals surface area contributed by atoms with Crippen molar-refractivity contribution in [2.45, 2.75) is 32.9 Å². The molecule has 0 saturated carbocycles. The highest BCUT2D eigenvalue weighted by Gasteiger charge is 2.17. The molecule has 2 atom stereocenters. The first-order valence-electron chi connectivity index (χ1n) is 5.79. The SMILES string of the molecule is CC(CS(C)=O)NC(=O)c1cc(Br)cn1C(C)C. The van der Waals surface area contributed by atoms with Crippen molar-refractivity contribution in [3.8, 4) is 0 Å². The number of nitrogens with zero attached hydrogens (tertiary/aromatic N) is 1. The van der Waals surface area contributed by atoms with Crippen molar-refractivity contribution in [3.05, 3.63) is 22.4 Å². The first kappa shape index (κ1) is 15.4. The lowest BCUT2D eigenvalue weighted by Gasteiger charge is -2.15. The van der Waals surface area contributed by atoms with E-state index < -0.39 is 10.8 Å². The van der Waals surface area contributed by atoms with Crippen LogP contribution in [0.25, 0.3) is 0 Å². The molecule has 0 spiro atoms. The highest BCUT2D eigenvalue weighted by atomic mass is 79.9. The first-order chi connectivity index (χ1) is 8.31. The Balaban J connectivity index is 2.81. The molecule has 1 aromatic heterocycles. The Morgan fingerprint density at radius 3 is 2.61 bits per heavy atom. The van der Waals surface area contributed by atoms with Crippen LogP contribution in [0.1, 0.15) is 37.3 Å². The summed E-state index contributed by atoms with van der Waals surface area (Å²) in [6.45, 7) is 5.90. The van der Waals surface area contributed by atoms with Crippen molar-refractivity contribution >= 4 is 32.6 Å². The van der Waals surface area contributed by atoms with E-state index in [0.717, 1.165) is 4.47 Å². The third-order valence-corrected chi connectivity index (χ3v) is 3.87. The number of nitrogens with one attached hydrogen (secondary N) is 1. The molecule has 1 aromatic rings. The first-order valence-corrected chi connectivity index (χ1v) is 8.31. The molecule has 2 unspecified atom stereocenters. The molecule has 0 aromatic carbocycles. The summed E-state index contributed by atoms with van der Waals surface area (Å²) in [5, 5.41) is 2.86. The Bertz CT molecular complexity index is 457. The molecule has 0 aliphatic carbocycles. The number of hydrogen-bond donors (Lipinski definition) is 1. The van der Waals surface area contributed by atoms with Gasteiger partial charge in [-0.15, -0.1) is 0 Å². The van der Waals surface area contributed by atoms with Crippen LogP contribution in [-0.4, -0.2) is 32.7 Å². The lowest BCUT2D eigenvalue weighted by Crippen LogP contribution is -2.37. The zero-order valence-electron chi connectivity index (χ0n) is 11.1. The number of rotatable bonds is 5. The van der Waals surface area contributed by atoms with Crippen LogP contribution >= 0.6 is 15.9 Å². The minimum atomic E-state index is -0.908. The van der Waals surface area contributed by atoms with Gasteiger partial charge in [-0.2, -0.15) is 0 Å². The lowest BCUT2D eigenvalue weighted by molar-refractivity contribution is 0.0933. The summed E-state index contributed by atoms with van der Waals surface area (Å²) in [6, 6.07) is 1.91. The summed E-state index contributed by atoms with van der Waals surface area (Å²) in [5.74, 6) is 0.335. The maximum atomic E-state index is 12.1. The van der Waals surface area contributed by atoms with Crippen LogP contribution < -0.4 is 5.32 Å². The molecular weight excluding hydrogens is 316 g/mol. The van der Waals surface area contributed by atoms with E-state index in [0.29, 0.717) is 11.4 Å². The fourth-order valence-corrected chi connectivity index (χ4v) is 2.97. The van der Waals surface area contributed by atoms with E-state index in [1.165, 1.54) is 0 Å². The Kier molecular flexibility index (Phi) is 5.59. The van der Waals surface area contributed by atoms with Gasteiger partial charge in [-0.1, -0.05) is 0 Å². The van der Waals surface area contributed by atoms with Crippen LogP contribution in [0.15, 0.2) is 16.7 Å². The Labute approximate surface area is 119 Å². The maximum Gasteiger partial charge on any atom is 0.268 e. The van der Waals surface area contributed by atoms with Gasteiger partial charge >= 0.3 is 0 Å². The minimum absolute atomic E-state index is 0.0994. The number of carbonyl (C=O) groups is 1. The van der Waals surface area contributed by atoms with Crippen LogP contribution in [0.5, 0.6) is 0 Å². The summed E-state index contributed by atoms with van der Waals surface area (Å²) in [4.78, 5) is 12.1. The lowest BCUT2D eigenvalue weighted by atomic mass is 10.3. The molecule has 0 radical (unpaired) electrons. The third-order valence-electron chi connectivity index (χ3n) is 2.47. The molecule has 0 aliphatic rings. The molecule has 0 saturated heterocycles. The minimum Gasteiger partial charge on any atom is -0.347 e. The normalized spacial score (nSPS) is 14.6. The molecule has 18 heavy (non-hydrogen) atoms. The number of carbonyl (C=O) groups excluding carboxylic acids is 1. The molecular formula is C12H19BrN2O2S. The van der Waals surface area contributed by atoms with E-state index in [1.54, 1.807) is 12.3 Å². The Morgan fingerprint density at radius 2 is 2.11 bits per heavy atom. The fourth-order valence-electron chi connectivity index (χ4n) is 1.75. The van der Waals surface area contributed by atoms with Gasteiger partial charge in [-0.05, 0) is 42.8 Å². The zero-order valence-corrected chi connectivity index (χ0v) is 13.5. The molecule has 6 heteroatoms. The monoisotopic (exact) mass is 334 g/mol. The molecule has 4 nitrogen and oxygen atoms in total. The van der Waals surface area contributed by atoms with E-state index in [9.17, 15) is 9.00 Å². The maximum absolute atomic E-state index is 12.1. The molecule has 1 rings (SSSR count). The van der Waals surface area contributed by atoms with Gasteiger partial charge < -0.3 is 9.88 Å². The summed E-state index contributed by atoms with van der Waals surface area (Å²) in [7, 11) is -0.908. The smallest absolute Gasteiger partial charge is 0.268 e. The summed E-state index contributed by atoms with van der Waals surface area (Å²) < 4.78 is 13.9. The van der Waals surface area contributed by atoms with Gasteiger partial charge in [-0.3, -0.25) is 9.00 Å². The van der Waals surface area contributed by atoms with Gasteiger partial charge in [0.25, 0.3) is 5.91 Å². The van der Waals surface area contributed by atoms with Crippen molar-refractivity contribution in [3.63, 3.8) is 0 Å². The molecule has 1 N–H and O–H groups in total. The van der Waals surface area contributed by atoms with E-state index in [-0.39, 0.29) is 18.0 Å². The molecule has 0 bridgehead atoms. The third kappa shape index (κ3) is 4.24. The summed E-state index contributed by atoms with van der Waals surface area (Å²) >= 11 is 3.38. The van der Waals surface area contributed by atoms with Crippen LogP contribution in [0.3, 0.4) is 0 Å². The van der Waals surface area contributed by atoms with E-state index in [2.05, 4.69) is 21.2 Å². The molecule has 0 aliphatic heterocycles. The summed E-state index contributed by atoms with van der Waals surface area (Å²) in [5.41, 5.74) is 0.616. The van der Waals surface area contributed by atoms with Crippen molar-refractivity contribution in [1.82, 2.24) is 9.88 Å². The number of hydrogen-bond acceptors (Lipinski definition) is 2. The number of amides is 1. The molecule has 1 amide bonds. The highest BCUT2D eigenvalue weighted by Crippen LogP contribution is 2.19. The van der Waals surface area contributed by atoms with Gasteiger partial charge in [0.1, 0.15) is 5.69 Å². The van der Waals surface area contributed by atoms with Crippen LogP contribution in [0.2, 0.25) is 0 Å². The largest absolute Gasteiger partial charge is 0.347 e. The highest BCUT2D eigenvalue weighted by molar-refractivity contribution is 9.10. The second-order valence-electron chi connectivity index (χ2n) is 4.66. The van der Waals surface area contributed by atoms with Gasteiger partial charge in [-0.25, -0.2) is 0 Å². The Morgan fingerprint density at radius 1 is 1.50 bits per heavy atom. The van der Waals surface area contributed by atoms with E-state index in [4.69, 9.17) is 0 Å².